The van der Waals surface area contributed by atoms with Crippen LogP contribution in [0.5, 0.6) is 0 Å². The molecule has 84 valence electrons. The van der Waals surface area contributed by atoms with Crippen molar-refractivity contribution in [1.29, 1.82) is 0 Å². The van der Waals surface area contributed by atoms with Gasteiger partial charge in [0.25, 0.3) is 0 Å². The number of anilines is 1. The zero-order valence-electron chi connectivity index (χ0n) is 9.41. The number of aryl methyl sites for hydroxylation is 2. The Morgan fingerprint density at radius 1 is 1.53 bits per heavy atom. The number of aromatic nitrogens is 2. The van der Waals surface area contributed by atoms with Gasteiger partial charge in [0.1, 0.15) is 0 Å². The van der Waals surface area contributed by atoms with Crippen molar-refractivity contribution in [3.8, 4) is 0 Å². The highest BCUT2D eigenvalue weighted by atomic mass is 16.5. The fraction of sp³-hybridized carbons (Fsp3) is 0.600. The SMILES string of the molecule is CCCc1nn(C)c(C(=O)OCC)c1N. The van der Waals surface area contributed by atoms with Gasteiger partial charge in [0.15, 0.2) is 5.69 Å². The zero-order chi connectivity index (χ0) is 11.4. The van der Waals surface area contributed by atoms with E-state index in [0.29, 0.717) is 18.0 Å². The van der Waals surface area contributed by atoms with Gasteiger partial charge < -0.3 is 10.5 Å². The molecule has 0 fully saturated rings. The maximum atomic E-state index is 11.5. The molecule has 0 bridgehead atoms. The molecular weight excluding hydrogens is 194 g/mol. The average Bonchev–Trinajstić information content (AvgIpc) is 2.43. The molecule has 0 spiro atoms. The molecule has 1 aromatic rings. The Labute approximate surface area is 89.2 Å². The summed E-state index contributed by atoms with van der Waals surface area (Å²) in [6.07, 6.45) is 1.72. The maximum Gasteiger partial charge on any atom is 0.358 e. The molecule has 0 amide bonds. The van der Waals surface area contributed by atoms with Crippen LogP contribution in [-0.2, 0) is 18.2 Å². The Morgan fingerprint density at radius 3 is 2.73 bits per heavy atom. The number of hydrogen-bond acceptors (Lipinski definition) is 4. The highest BCUT2D eigenvalue weighted by molar-refractivity contribution is 5.93. The maximum absolute atomic E-state index is 11.5. The van der Waals surface area contributed by atoms with Gasteiger partial charge in [-0.2, -0.15) is 5.10 Å². The van der Waals surface area contributed by atoms with Crippen LogP contribution < -0.4 is 5.73 Å². The molecule has 1 rings (SSSR count). The Balaban J connectivity index is 3.02. The second-order valence-corrected chi connectivity index (χ2v) is 3.30. The third-order valence-corrected chi connectivity index (χ3v) is 2.12. The van der Waals surface area contributed by atoms with Crippen LogP contribution in [0.3, 0.4) is 0 Å². The summed E-state index contributed by atoms with van der Waals surface area (Å²) in [7, 11) is 1.70. The molecule has 0 aliphatic heterocycles. The molecule has 0 unspecified atom stereocenters. The van der Waals surface area contributed by atoms with E-state index in [2.05, 4.69) is 5.10 Å². The van der Waals surface area contributed by atoms with Crippen LogP contribution in [0, 0.1) is 0 Å². The smallest absolute Gasteiger partial charge is 0.358 e. The Morgan fingerprint density at radius 2 is 2.20 bits per heavy atom. The summed E-state index contributed by atoms with van der Waals surface area (Å²) in [5, 5.41) is 4.19. The van der Waals surface area contributed by atoms with Crippen LogP contribution in [0.15, 0.2) is 0 Å². The van der Waals surface area contributed by atoms with Crippen molar-refractivity contribution in [2.24, 2.45) is 7.05 Å². The van der Waals surface area contributed by atoms with Crippen LogP contribution >= 0.6 is 0 Å². The molecule has 15 heavy (non-hydrogen) atoms. The Bertz CT molecular complexity index is 358. The van der Waals surface area contributed by atoms with Crippen molar-refractivity contribution < 1.29 is 9.53 Å². The quantitative estimate of drug-likeness (QED) is 0.758. The molecule has 0 radical (unpaired) electrons. The predicted molar refractivity (Wildman–Crippen MR) is 57.6 cm³/mol. The molecular formula is C10H17N3O2. The molecule has 1 heterocycles. The van der Waals surface area contributed by atoms with Gasteiger partial charge in [0.2, 0.25) is 0 Å². The summed E-state index contributed by atoms with van der Waals surface area (Å²) >= 11 is 0. The van der Waals surface area contributed by atoms with Crippen LogP contribution in [-0.4, -0.2) is 22.4 Å². The van der Waals surface area contributed by atoms with E-state index in [1.165, 1.54) is 4.68 Å². The Kier molecular flexibility index (Phi) is 3.71. The molecule has 2 N–H and O–H groups in total. The zero-order valence-corrected chi connectivity index (χ0v) is 9.41. The minimum absolute atomic E-state index is 0.340. The van der Waals surface area contributed by atoms with E-state index in [9.17, 15) is 4.79 Å². The standard InChI is InChI=1S/C10H17N3O2/c1-4-6-7-8(11)9(13(3)12-7)10(14)15-5-2/h4-6,11H2,1-3H3. The lowest BCUT2D eigenvalue weighted by Crippen LogP contribution is -2.12. The second kappa shape index (κ2) is 4.82. The average molecular weight is 211 g/mol. The topological polar surface area (TPSA) is 70.1 Å². The van der Waals surface area contributed by atoms with E-state index in [1.54, 1.807) is 14.0 Å². The number of nitrogens with zero attached hydrogens (tertiary/aromatic N) is 2. The number of esters is 1. The largest absolute Gasteiger partial charge is 0.461 e. The van der Waals surface area contributed by atoms with Gasteiger partial charge in [-0.25, -0.2) is 4.79 Å². The molecule has 5 heteroatoms. The number of rotatable bonds is 4. The molecule has 0 aromatic carbocycles. The number of hydrogen-bond donors (Lipinski definition) is 1. The van der Waals surface area contributed by atoms with Gasteiger partial charge in [0, 0.05) is 7.05 Å². The molecule has 0 aliphatic carbocycles. The summed E-state index contributed by atoms with van der Waals surface area (Å²) < 4.78 is 6.39. The van der Waals surface area contributed by atoms with E-state index >= 15 is 0 Å². The van der Waals surface area contributed by atoms with Crippen molar-refractivity contribution in [3.05, 3.63) is 11.4 Å². The van der Waals surface area contributed by atoms with E-state index in [0.717, 1.165) is 18.5 Å². The van der Waals surface area contributed by atoms with Gasteiger partial charge in [-0.1, -0.05) is 13.3 Å². The van der Waals surface area contributed by atoms with Crippen molar-refractivity contribution in [3.63, 3.8) is 0 Å². The number of carbonyl (C=O) groups is 1. The van der Waals surface area contributed by atoms with Crippen LogP contribution in [0.1, 0.15) is 36.5 Å². The predicted octanol–water partition coefficient (Wildman–Crippen LogP) is 1.13. The van der Waals surface area contributed by atoms with E-state index in [1.807, 2.05) is 6.92 Å². The third kappa shape index (κ3) is 2.29. The van der Waals surface area contributed by atoms with Gasteiger partial charge in [-0.3, -0.25) is 4.68 Å². The highest BCUT2D eigenvalue weighted by Gasteiger charge is 2.20. The van der Waals surface area contributed by atoms with Crippen LogP contribution in [0.2, 0.25) is 0 Å². The normalized spacial score (nSPS) is 10.3. The van der Waals surface area contributed by atoms with E-state index in [-0.39, 0.29) is 0 Å². The minimum atomic E-state index is -0.410. The summed E-state index contributed by atoms with van der Waals surface area (Å²) in [6, 6.07) is 0. The molecule has 1 aromatic heterocycles. The first-order valence-electron chi connectivity index (χ1n) is 5.10. The van der Waals surface area contributed by atoms with E-state index in [4.69, 9.17) is 10.5 Å². The van der Waals surface area contributed by atoms with Crippen molar-refractivity contribution in [2.75, 3.05) is 12.3 Å². The number of nitrogens with two attached hydrogens (primary N) is 1. The Hall–Kier alpha value is -1.52. The molecule has 5 nitrogen and oxygen atoms in total. The van der Waals surface area contributed by atoms with Crippen LogP contribution in [0.25, 0.3) is 0 Å². The lowest BCUT2D eigenvalue weighted by Gasteiger charge is -2.02. The lowest BCUT2D eigenvalue weighted by atomic mass is 10.2. The van der Waals surface area contributed by atoms with Crippen molar-refractivity contribution >= 4 is 11.7 Å². The molecule has 0 aliphatic rings. The highest BCUT2D eigenvalue weighted by Crippen LogP contribution is 2.18. The minimum Gasteiger partial charge on any atom is -0.461 e. The summed E-state index contributed by atoms with van der Waals surface area (Å²) in [4.78, 5) is 11.5. The van der Waals surface area contributed by atoms with Gasteiger partial charge in [-0.15, -0.1) is 0 Å². The number of nitrogen functional groups attached to an aromatic ring is 1. The fourth-order valence-corrected chi connectivity index (χ4v) is 1.46. The first-order chi connectivity index (χ1) is 7.11. The summed E-state index contributed by atoms with van der Waals surface area (Å²) in [5.74, 6) is -0.410. The van der Waals surface area contributed by atoms with Gasteiger partial charge in [0.05, 0.1) is 18.0 Å². The monoisotopic (exact) mass is 211 g/mol. The van der Waals surface area contributed by atoms with Crippen LogP contribution in [0.4, 0.5) is 5.69 Å². The summed E-state index contributed by atoms with van der Waals surface area (Å²) in [5.41, 5.74) is 7.39. The number of ether oxygens (including phenoxy) is 1. The van der Waals surface area contributed by atoms with Gasteiger partial charge >= 0.3 is 5.97 Å². The number of carbonyl (C=O) groups excluding carboxylic acids is 1. The van der Waals surface area contributed by atoms with Crippen molar-refractivity contribution in [1.82, 2.24) is 9.78 Å². The first-order valence-corrected chi connectivity index (χ1v) is 5.10. The fourth-order valence-electron chi connectivity index (χ4n) is 1.46. The van der Waals surface area contributed by atoms with E-state index < -0.39 is 5.97 Å². The van der Waals surface area contributed by atoms with Gasteiger partial charge in [-0.05, 0) is 13.3 Å². The lowest BCUT2D eigenvalue weighted by molar-refractivity contribution is 0.0515. The summed E-state index contributed by atoms with van der Waals surface area (Å²) in [6.45, 7) is 4.14. The first kappa shape index (κ1) is 11.6. The molecule has 0 atom stereocenters. The van der Waals surface area contributed by atoms with Crippen molar-refractivity contribution in [2.45, 2.75) is 26.7 Å². The second-order valence-electron chi connectivity index (χ2n) is 3.30. The molecule has 0 saturated heterocycles. The third-order valence-electron chi connectivity index (χ3n) is 2.12. The molecule has 0 saturated carbocycles.